The Hall–Kier alpha value is -1.88. The Labute approximate surface area is 144 Å². The van der Waals surface area contributed by atoms with Gasteiger partial charge in [0.15, 0.2) is 11.9 Å². The molecule has 1 aromatic carbocycles. The maximum atomic E-state index is 12.8. The molecular formula is C19H28N2O3. The van der Waals surface area contributed by atoms with E-state index in [1.165, 1.54) is 6.92 Å². The lowest BCUT2D eigenvalue weighted by atomic mass is 10.0. The van der Waals surface area contributed by atoms with Crippen molar-refractivity contribution in [2.75, 3.05) is 27.2 Å². The molecule has 0 radical (unpaired) electrons. The number of likely N-dealkylation sites (tertiary alicyclic amines) is 1. The monoisotopic (exact) mass is 332 g/mol. The van der Waals surface area contributed by atoms with Crippen LogP contribution in [0.5, 0.6) is 5.75 Å². The summed E-state index contributed by atoms with van der Waals surface area (Å²) < 4.78 is 5.82. The van der Waals surface area contributed by atoms with Crippen molar-refractivity contribution in [2.24, 2.45) is 0 Å². The molecule has 0 bridgehead atoms. The summed E-state index contributed by atoms with van der Waals surface area (Å²) in [6.07, 6.45) is 2.69. The lowest BCUT2D eigenvalue weighted by molar-refractivity contribution is -0.142. The number of ether oxygens (including phenoxy) is 1. The number of benzene rings is 1. The van der Waals surface area contributed by atoms with E-state index in [-0.39, 0.29) is 17.7 Å². The fourth-order valence-corrected chi connectivity index (χ4v) is 3.18. The molecule has 1 fully saturated rings. The summed E-state index contributed by atoms with van der Waals surface area (Å²) in [5.74, 6) is 0.570. The number of nitrogens with zero attached hydrogens (tertiary/aromatic N) is 2. The van der Waals surface area contributed by atoms with Crippen molar-refractivity contribution in [3.05, 3.63) is 29.8 Å². The van der Waals surface area contributed by atoms with Gasteiger partial charge < -0.3 is 14.5 Å². The molecule has 0 saturated carbocycles. The smallest absolute Gasteiger partial charge is 0.263 e. The van der Waals surface area contributed by atoms with Crippen molar-refractivity contribution < 1.29 is 14.3 Å². The second-order valence-corrected chi connectivity index (χ2v) is 6.79. The molecule has 0 spiro atoms. The van der Waals surface area contributed by atoms with E-state index in [9.17, 15) is 9.59 Å². The molecule has 2 rings (SSSR count). The van der Waals surface area contributed by atoms with Crippen molar-refractivity contribution in [3.63, 3.8) is 0 Å². The lowest BCUT2D eigenvalue weighted by Crippen LogP contribution is -2.52. The van der Waals surface area contributed by atoms with Crippen LogP contribution in [0.4, 0.5) is 0 Å². The predicted octanol–water partition coefficient (Wildman–Crippen LogP) is 2.60. The molecule has 5 nitrogen and oxygen atoms in total. The summed E-state index contributed by atoms with van der Waals surface area (Å²) in [6.45, 7) is 4.97. The Kier molecular flexibility index (Phi) is 6.37. The molecule has 0 N–H and O–H groups in total. The Balaban J connectivity index is 2.05. The first-order chi connectivity index (χ1) is 11.4. The number of amides is 1. The maximum Gasteiger partial charge on any atom is 0.263 e. The molecule has 1 heterocycles. The van der Waals surface area contributed by atoms with Crippen LogP contribution in [0.25, 0.3) is 0 Å². The van der Waals surface area contributed by atoms with Crippen LogP contribution in [0.3, 0.4) is 0 Å². The molecule has 1 amide bonds. The molecule has 1 aliphatic heterocycles. The van der Waals surface area contributed by atoms with E-state index in [2.05, 4.69) is 4.90 Å². The Bertz CT molecular complexity index is 586. The largest absolute Gasteiger partial charge is 0.481 e. The quantitative estimate of drug-likeness (QED) is 0.752. The number of hydrogen-bond acceptors (Lipinski definition) is 4. The first kappa shape index (κ1) is 18.5. The molecule has 132 valence electrons. The molecule has 24 heavy (non-hydrogen) atoms. The van der Waals surface area contributed by atoms with E-state index in [0.29, 0.717) is 11.3 Å². The summed E-state index contributed by atoms with van der Waals surface area (Å²) in [5.41, 5.74) is 0.593. The molecule has 5 heteroatoms. The van der Waals surface area contributed by atoms with E-state index in [1.807, 2.05) is 19.0 Å². The number of likely N-dealkylation sites (N-methyl/N-ethyl adjacent to an activating group) is 1. The van der Waals surface area contributed by atoms with Crippen LogP contribution in [0.15, 0.2) is 24.3 Å². The number of carbonyl (C=O) groups is 2. The third-order valence-electron chi connectivity index (χ3n) is 4.39. The maximum absolute atomic E-state index is 12.8. The zero-order valence-corrected chi connectivity index (χ0v) is 15.1. The van der Waals surface area contributed by atoms with Crippen LogP contribution in [-0.4, -0.2) is 60.8 Å². The summed E-state index contributed by atoms with van der Waals surface area (Å²) in [4.78, 5) is 28.4. The van der Waals surface area contributed by atoms with Gasteiger partial charge in [-0.2, -0.15) is 0 Å². The second kappa shape index (κ2) is 8.29. The van der Waals surface area contributed by atoms with E-state index >= 15 is 0 Å². The van der Waals surface area contributed by atoms with Crippen LogP contribution in [-0.2, 0) is 4.79 Å². The predicted molar refractivity (Wildman–Crippen MR) is 94.4 cm³/mol. The van der Waals surface area contributed by atoms with Crippen molar-refractivity contribution in [1.82, 2.24) is 9.80 Å². The highest BCUT2D eigenvalue weighted by atomic mass is 16.5. The average Bonchev–Trinajstić information content (AvgIpc) is 2.54. The normalized spacial score (nSPS) is 19.2. The van der Waals surface area contributed by atoms with Gasteiger partial charge in [0, 0.05) is 24.7 Å². The molecule has 1 aromatic rings. The van der Waals surface area contributed by atoms with Gasteiger partial charge in [-0.05, 0) is 59.3 Å². The van der Waals surface area contributed by atoms with Gasteiger partial charge in [-0.15, -0.1) is 0 Å². The number of hydrogen-bond donors (Lipinski definition) is 0. The third-order valence-corrected chi connectivity index (χ3v) is 4.39. The standard InChI is InChI=1S/C19H28N2O3/c1-14(22)16-8-7-10-18(12-16)24-15(2)19(23)21-11-6-5-9-17(21)13-20(3)4/h7-8,10,12,15,17H,5-6,9,11,13H2,1-4H3/t15-,17+/m0/s1. The van der Waals surface area contributed by atoms with Gasteiger partial charge in [0.25, 0.3) is 5.91 Å². The first-order valence-corrected chi connectivity index (χ1v) is 8.61. The van der Waals surface area contributed by atoms with Crippen LogP contribution in [0, 0.1) is 0 Å². The Morgan fingerprint density at radius 2 is 2.08 bits per heavy atom. The van der Waals surface area contributed by atoms with Gasteiger partial charge in [-0.3, -0.25) is 9.59 Å². The molecule has 0 unspecified atom stereocenters. The Morgan fingerprint density at radius 1 is 1.33 bits per heavy atom. The summed E-state index contributed by atoms with van der Waals surface area (Å²) in [7, 11) is 4.06. The van der Waals surface area contributed by atoms with Gasteiger partial charge in [0.05, 0.1) is 0 Å². The molecule has 1 saturated heterocycles. The van der Waals surface area contributed by atoms with Crippen LogP contribution in [0.1, 0.15) is 43.5 Å². The second-order valence-electron chi connectivity index (χ2n) is 6.79. The molecule has 2 atom stereocenters. The highest BCUT2D eigenvalue weighted by Gasteiger charge is 2.30. The van der Waals surface area contributed by atoms with Crippen LogP contribution in [0.2, 0.25) is 0 Å². The molecule has 0 aromatic heterocycles. The number of rotatable bonds is 6. The number of piperidine rings is 1. The Morgan fingerprint density at radius 3 is 2.75 bits per heavy atom. The van der Waals surface area contributed by atoms with Gasteiger partial charge in [0.1, 0.15) is 5.75 Å². The fourth-order valence-electron chi connectivity index (χ4n) is 3.18. The van der Waals surface area contributed by atoms with Gasteiger partial charge in [-0.25, -0.2) is 0 Å². The number of ketones is 1. The number of Topliss-reactive ketones (excluding diaryl/α,β-unsaturated/α-hetero) is 1. The minimum absolute atomic E-state index is 0.0125. The van der Waals surface area contributed by atoms with Crippen molar-refractivity contribution in [3.8, 4) is 5.75 Å². The molecule has 0 aliphatic carbocycles. The van der Waals surface area contributed by atoms with Crippen molar-refractivity contribution in [2.45, 2.75) is 45.3 Å². The van der Waals surface area contributed by atoms with Gasteiger partial charge in [-0.1, -0.05) is 12.1 Å². The average molecular weight is 332 g/mol. The van der Waals surface area contributed by atoms with Gasteiger partial charge >= 0.3 is 0 Å². The van der Waals surface area contributed by atoms with Crippen LogP contribution < -0.4 is 4.74 Å². The minimum Gasteiger partial charge on any atom is -0.481 e. The summed E-state index contributed by atoms with van der Waals surface area (Å²) >= 11 is 0. The zero-order valence-electron chi connectivity index (χ0n) is 15.1. The van der Waals surface area contributed by atoms with Crippen molar-refractivity contribution >= 4 is 11.7 Å². The zero-order chi connectivity index (χ0) is 17.7. The SMILES string of the molecule is CC(=O)c1cccc(O[C@@H](C)C(=O)N2CCCC[C@@H]2CN(C)C)c1. The number of carbonyl (C=O) groups excluding carboxylic acids is 2. The van der Waals surface area contributed by atoms with E-state index in [0.717, 1.165) is 32.4 Å². The van der Waals surface area contributed by atoms with E-state index in [1.54, 1.807) is 31.2 Å². The van der Waals surface area contributed by atoms with Gasteiger partial charge in [0.2, 0.25) is 0 Å². The first-order valence-electron chi connectivity index (χ1n) is 8.61. The summed E-state index contributed by atoms with van der Waals surface area (Å²) in [5, 5.41) is 0. The fraction of sp³-hybridized carbons (Fsp3) is 0.579. The lowest BCUT2D eigenvalue weighted by Gasteiger charge is -2.38. The summed E-state index contributed by atoms with van der Waals surface area (Å²) in [6, 6.07) is 7.25. The van der Waals surface area contributed by atoms with Crippen LogP contribution >= 0.6 is 0 Å². The molecular weight excluding hydrogens is 304 g/mol. The molecule has 1 aliphatic rings. The minimum atomic E-state index is -0.560. The van der Waals surface area contributed by atoms with E-state index in [4.69, 9.17) is 4.74 Å². The topological polar surface area (TPSA) is 49.9 Å². The van der Waals surface area contributed by atoms with E-state index < -0.39 is 6.10 Å². The highest BCUT2D eigenvalue weighted by molar-refractivity contribution is 5.94. The third kappa shape index (κ3) is 4.81. The van der Waals surface area contributed by atoms with Crippen molar-refractivity contribution in [1.29, 1.82) is 0 Å². The highest BCUT2D eigenvalue weighted by Crippen LogP contribution is 2.21.